The first-order valence-electron chi connectivity index (χ1n) is 38.1. The Hall–Kier alpha value is -0.0330. The molecule has 8 heteroatoms. The van der Waals surface area contributed by atoms with Gasteiger partial charge in [-0.3, -0.25) is 0 Å². The van der Waals surface area contributed by atoms with Crippen molar-refractivity contribution in [2.24, 2.45) is 29.6 Å². The second kappa shape index (κ2) is 63.9. The Morgan fingerprint density at radius 1 is 0.348 bits per heavy atom. The molecule has 0 spiro atoms. The molecule has 0 amide bonds. The average Bonchev–Trinajstić information content (AvgIpc) is 1.60. The van der Waals surface area contributed by atoms with Gasteiger partial charge < -0.3 is 119 Å². The SMILES string of the molecule is CC1=C(C)C([Si](C)(C)C2C=CC(Cc3ccccc3)=C2)C(C)=C1C.CCCC.CCCC1=CC([Si](C)(C)C2C(C)=C(C)C(C)=C2C)C2CCCCC12.CCCC1=CC([Si](C)(C)C2C=CC=C2)C=C1.CCCC1C=C([Si](C)(C)C2C(C)=C(C)C(C)=C2C)C2CCCCC12.[CH3-].[CH3-].[CH3-].[CH3-].[CH3-].[CH3-].[CH3-].[CH3-].[CH3-].[CH3-].[CH3-].[CH3-].[CH3-].[CH3-].[CH3-].[CH3-].[Hf+4].[Zr+4].[Zr+4].[Zr+4]. The maximum absolute atomic E-state index is 2.82. The van der Waals surface area contributed by atoms with Crippen molar-refractivity contribution in [2.75, 3.05) is 0 Å². The fourth-order valence-corrected chi connectivity index (χ4v) is 37.5. The molecule has 8 atom stereocenters. The van der Waals surface area contributed by atoms with E-state index in [1.165, 1.54) is 125 Å². The molecule has 11 rings (SSSR count). The number of hydrogen-bond donors (Lipinski definition) is 0. The van der Waals surface area contributed by atoms with E-state index in [1.807, 2.05) is 10.8 Å². The molecule has 8 unspecified atom stereocenters. The van der Waals surface area contributed by atoms with Gasteiger partial charge in [0.05, 0.1) is 32.3 Å². The molecule has 0 aliphatic heterocycles. The maximum atomic E-state index is 2.82. The molecule has 2 fully saturated rings. The van der Waals surface area contributed by atoms with Crippen molar-refractivity contribution in [1.29, 1.82) is 0 Å². The summed E-state index contributed by atoms with van der Waals surface area (Å²) in [6.07, 6.45) is 53.0. The van der Waals surface area contributed by atoms with Gasteiger partial charge in [0.25, 0.3) is 0 Å². The number of unbranched alkanes of at least 4 members (excludes halogenated alkanes) is 1. The van der Waals surface area contributed by atoms with Gasteiger partial charge in [-0.2, -0.15) is 0 Å². The van der Waals surface area contributed by atoms with E-state index in [1.54, 1.807) is 61.3 Å². The number of benzene rings is 1. The van der Waals surface area contributed by atoms with Crippen LogP contribution in [-0.4, -0.2) is 32.3 Å². The van der Waals surface area contributed by atoms with Gasteiger partial charge in [-0.15, -0.1) is 0 Å². The molecule has 1 aromatic carbocycles. The summed E-state index contributed by atoms with van der Waals surface area (Å²) in [6, 6.07) is 10.8. The number of rotatable bonds is 17. The summed E-state index contributed by atoms with van der Waals surface area (Å²) in [5, 5.41) is 1.96. The standard InChI is InChI=1S/C23H30Si.2C23H38Si.C15H22Si.C4H10.16CH3.Hf.3Zr/c1-16-17(2)19(4)23(18(16)3)24(5,6)22-13-12-21(15-22)14-20-10-8-7-9-11-20;2*1-8-11-19-14-22(21-13-10-9-12-20(19)21)24(6,7)23-17(4)15(2)16(3)18(23)5;1-4-7-13-10-11-15(12-13)16(2,3)14-8-5-6-9-14;1-3-4-2;;;;;;;;;;;;;;;;;;;;/h7-13,15,22-23H,14H2,1-6H3;14,20-23H,8-13H2,1-7H3;14,19-21,23H,8-13H2,1-7H3;5-6,8-12,14-15H,4,7H2,1-3H3;3-4H2,1-2H3;16*1H3;;;;/q;;;;;16*-1;4*+4. The summed E-state index contributed by atoms with van der Waals surface area (Å²) in [4.78, 5) is 0. The topological polar surface area (TPSA) is 0 Å². The molecule has 112 heavy (non-hydrogen) atoms. The summed E-state index contributed by atoms with van der Waals surface area (Å²) in [7, 11) is -5.63. The molecule has 634 valence electrons. The van der Waals surface area contributed by atoms with Crippen LogP contribution in [0.2, 0.25) is 91.2 Å². The third-order valence-corrected chi connectivity index (χ3v) is 44.2. The maximum Gasteiger partial charge on any atom is 4.00 e. The van der Waals surface area contributed by atoms with Crippen LogP contribution in [0.15, 0.2) is 192 Å². The predicted molar refractivity (Wildman–Crippen MR) is 528 cm³/mol. The predicted octanol–water partition coefficient (Wildman–Crippen LogP) is 35.8. The summed E-state index contributed by atoms with van der Waals surface area (Å²) in [5.74, 6) is 4.71. The van der Waals surface area contributed by atoms with Crippen molar-refractivity contribution < 1.29 is 104 Å². The van der Waals surface area contributed by atoms with Crippen molar-refractivity contribution in [2.45, 2.75) is 318 Å². The van der Waals surface area contributed by atoms with Crippen molar-refractivity contribution in [3.05, 3.63) is 316 Å². The van der Waals surface area contributed by atoms with Crippen molar-refractivity contribution >= 4 is 32.3 Å². The zero-order valence-corrected chi connectivity index (χ0v) is 97.2. The minimum atomic E-state index is -1.48. The number of allylic oxidation sites excluding steroid dienone is 28. The Labute approximate surface area is 792 Å². The average molecular weight is 2000 g/mol. The molecule has 0 aromatic heterocycles. The molecule has 2 saturated carbocycles. The van der Waals surface area contributed by atoms with Crippen LogP contribution in [-0.2, 0) is 111 Å². The quantitative estimate of drug-likeness (QED) is 0.0828. The molecular formula is C104H186HfSi4Zr3. The number of fused-ring (bicyclic) bond motifs is 2. The van der Waals surface area contributed by atoms with Crippen LogP contribution in [0.1, 0.15) is 226 Å². The van der Waals surface area contributed by atoms with E-state index in [0.29, 0.717) is 11.1 Å². The first kappa shape index (κ1) is 144. The Balaban J connectivity index is -0.0000000891. The Morgan fingerprint density at radius 2 is 0.714 bits per heavy atom. The van der Waals surface area contributed by atoms with Crippen molar-refractivity contribution in [1.82, 2.24) is 0 Å². The van der Waals surface area contributed by atoms with E-state index in [0.717, 1.165) is 63.7 Å². The van der Waals surface area contributed by atoms with Crippen LogP contribution in [0.3, 0.4) is 0 Å². The van der Waals surface area contributed by atoms with Gasteiger partial charge in [0.1, 0.15) is 0 Å². The summed E-state index contributed by atoms with van der Waals surface area (Å²) >= 11 is 0. The van der Waals surface area contributed by atoms with Crippen LogP contribution in [0, 0.1) is 148 Å². The van der Waals surface area contributed by atoms with Gasteiger partial charge >= 0.3 is 104 Å². The molecule has 0 bridgehead atoms. The van der Waals surface area contributed by atoms with Gasteiger partial charge in [-0.25, -0.2) is 0 Å². The molecule has 0 saturated heterocycles. The third kappa shape index (κ3) is 32.3. The molecule has 0 nitrogen and oxygen atoms in total. The van der Waals surface area contributed by atoms with E-state index in [9.17, 15) is 0 Å². The zero-order chi connectivity index (χ0) is 67.8. The van der Waals surface area contributed by atoms with Crippen LogP contribution in [0.5, 0.6) is 0 Å². The Kier molecular flexibility index (Phi) is 81.9. The van der Waals surface area contributed by atoms with Gasteiger partial charge in [-0.1, -0.05) is 298 Å². The molecule has 1 aromatic rings. The fourth-order valence-electron chi connectivity index (χ4n) is 20.2. The molecular weight excluding hydrogens is 1810 g/mol. The second-order valence-electron chi connectivity index (χ2n) is 33.5. The third-order valence-electron chi connectivity index (χ3n) is 26.6. The summed E-state index contributed by atoms with van der Waals surface area (Å²) in [5.41, 5.74) is 31.0. The minimum absolute atomic E-state index is 0. The van der Waals surface area contributed by atoms with Gasteiger partial charge in [0, 0.05) is 5.54 Å². The second-order valence-corrected chi connectivity index (χ2v) is 52.8. The minimum Gasteiger partial charge on any atom is -0.358 e. The van der Waals surface area contributed by atoms with Gasteiger partial charge in [0.15, 0.2) is 0 Å². The molecule has 10 aliphatic carbocycles. The molecule has 0 N–H and O–H groups in total. The van der Waals surface area contributed by atoms with E-state index in [-0.39, 0.29) is 223 Å². The smallest absolute Gasteiger partial charge is 0.358 e. The Bertz CT molecular complexity index is 3140. The fraction of sp³-hybridized carbons (Fsp3) is 0.519. The van der Waals surface area contributed by atoms with E-state index < -0.39 is 32.3 Å². The van der Waals surface area contributed by atoms with E-state index >= 15 is 0 Å². The monoisotopic (exact) mass is 2000 g/mol. The molecule has 0 heterocycles. The summed E-state index contributed by atoms with van der Waals surface area (Å²) in [6.45, 7) is 60.8. The van der Waals surface area contributed by atoms with Gasteiger partial charge in [-0.05, 0) is 242 Å². The number of hydrogen-bond acceptors (Lipinski definition) is 0. The first-order valence-corrected chi connectivity index (χ1v) is 50.7. The normalized spacial score (nSPS) is 22.1. The Morgan fingerprint density at radius 3 is 1.12 bits per heavy atom. The van der Waals surface area contributed by atoms with Crippen LogP contribution >= 0.6 is 0 Å². The van der Waals surface area contributed by atoms with Crippen LogP contribution in [0.4, 0.5) is 0 Å². The van der Waals surface area contributed by atoms with Gasteiger partial charge in [0.2, 0.25) is 0 Å². The first-order chi connectivity index (χ1) is 43.5. The van der Waals surface area contributed by atoms with Crippen molar-refractivity contribution in [3.8, 4) is 0 Å². The van der Waals surface area contributed by atoms with E-state index in [2.05, 4.69) is 273 Å². The molecule has 0 radical (unpaired) electrons. The molecule has 10 aliphatic rings. The van der Waals surface area contributed by atoms with Crippen molar-refractivity contribution in [3.63, 3.8) is 0 Å². The zero-order valence-electron chi connectivity index (χ0n) is 82.3. The van der Waals surface area contributed by atoms with E-state index in [4.69, 9.17) is 0 Å². The summed E-state index contributed by atoms with van der Waals surface area (Å²) < 4.78 is 0. The largest absolute Gasteiger partial charge is 4.00 e. The van der Waals surface area contributed by atoms with Crippen LogP contribution < -0.4 is 0 Å². The van der Waals surface area contributed by atoms with Crippen LogP contribution in [0.25, 0.3) is 0 Å².